The van der Waals surface area contributed by atoms with Gasteiger partial charge >= 0.3 is 0 Å². The fraction of sp³-hybridized carbons (Fsp3) is 0.571. The first-order valence-corrected chi connectivity index (χ1v) is 6.67. The molecule has 0 unspecified atom stereocenters. The predicted octanol–water partition coefficient (Wildman–Crippen LogP) is -0.486. The molecule has 0 spiro atoms. The molecule has 0 aromatic heterocycles. The standard InChI is InChI=1S/C14H18O7/c1-18-13-10(15)11(16)14(17)9(20-13)7-19-12(21-14)8-5-3-2-4-6-8/h2-6,9-13,15-17H,7H2,1H3/t9-,10+,11+,12+,13-,14+/m1/s1. The zero-order valence-corrected chi connectivity index (χ0v) is 11.5. The molecular formula is C14H18O7. The number of methoxy groups -OCH3 is 1. The third-order valence-electron chi connectivity index (χ3n) is 3.78. The molecule has 2 aliphatic heterocycles. The molecule has 0 aliphatic carbocycles. The van der Waals surface area contributed by atoms with Crippen molar-refractivity contribution in [2.75, 3.05) is 13.7 Å². The molecular weight excluding hydrogens is 280 g/mol. The van der Waals surface area contributed by atoms with Gasteiger partial charge in [-0.15, -0.1) is 0 Å². The maximum absolute atomic E-state index is 10.6. The van der Waals surface area contributed by atoms with Gasteiger partial charge in [0.25, 0.3) is 0 Å². The van der Waals surface area contributed by atoms with Gasteiger partial charge < -0.3 is 34.3 Å². The molecule has 0 bridgehead atoms. The van der Waals surface area contributed by atoms with E-state index in [1.165, 1.54) is 7.11 Å². The Labute approximate surface area is 121 Å². The van der Waals surface area contributed by atoms with Crippen LogP contribution < -0.4 is 0 Å². The van der Waals surface area contributed by atoms with E-state index in [2.05, 4.69) is 0 Å². The van der Waals surface area contributed by atoms with Gasteiger partial charge in [-0.25, -0.2) is 0 Å². The Morgan fingerprint density at radius 2 is 1.95 bits per heavy atom. The fourth-order valence-electron chi connectivity index (χ4n) is 2.58. The molecule has 1 aromatic rings. The molecule has 7 heteroatoms. The van der Waals surface area contributed by atoms with Crippen LogP contribution in [0.3, 0.4) is 0 Å². The average Bonchev–Trinajstić information content (AvgIpc) is 2.52. The molecule has 116 valence electrons. The molecule has 2 saturated heterocycles. The van der Waals surface area contributed by atoms with E-state index in [4.69, 9.17) is 18.9 Å². The van der Waals surface area contributed by atoms with Crippen LogP contribution >= 0.6 is 0 Å². The summed E-state index contributed by atoms with van der Waals surface area (Å²) in [4.78, 5) is 0. The highest BCUT2D eigenvalue weighted by Gasteiger charge is 2.59. The van der Waals surface area contributed by atoms with E-state index in [9.17, 15) is 15.3 Å². The molecule has 1 aromatic carbocycles. The van der Waals surface area contributed by atoms with Crippen LogP contribution in [0.5, 0.6) is 0 Å². The van der Waals surface area contributed by atoms with Crippen molar-refractivity contribution < 1.29 is 34.3 Å². The first-order chi connectivity index (χ1) is 10.1. The van der Waals surface area contributed by atoms with Crippen LogP contribution in [0.1, 0.15) is 11.9 Å². The summed E-state index contributed by atoms with van der Waals surface area (Å²) in [6.45, 7) is -0.000297. The molecule has 3 N–H and O–H groups in total. The zero-order chi connectivity index (χ0) is 15.0. The van der Waals surface area contributed by atoms with E-state index in [1.807, 2.05) is 18.2 Å². The van der Waals surface area contributed by atoms with E-state index >= 15 is 0 Å². The second-order valence-electron chi connectivity index (χ2n) is 5.11. The van der Waals surface area contributed by atoms with Crippen molar-refractivity contribution in [1.29, 1.82) is 0 Å². The molecule has 0 radical (unpaired) electrons. The zero-order valence-electron chi connectivity index (χ0n) is 11.5. The summed E-state index contributed by atoms with van der Waals surface area (Å²) in [5, 5.41) is 30.7. The van der Waals surface area contributed by atoms with Gasteiger partial charge in [-0.3, -0.25) is 0 Å². The van der Waals surface area contributed by atoms with Crippen LogP contribution in [-0.2, 0) is 18.9 Å². The van der Waals surface area contributed by atoms with Crippen molar-refractivity contribution in [3.8, 4) is 0 Å². The van der Waals surface area contributed by atoms with Gasteiger partial charge in [0.1, 0.15) is 18.3 Å². The SMILES string of the molecule is CO[C@@H]1O[C@@H]2CO[C@H](c3ccccc3)O[C@]2(O)[C@@H](O)[C@@H]1O. The minimum atomic E-state index is -2.06. The normalized spacial score (nSPS) is 43.3. The molecule has 7 nitrogen and oxygen atoms in total. The van der Waals surface area contributed by atoms with E-state index < -0.39 is 36.7 Å². The summed E-state index contributed by atoms with van der Waals surface area (Å²) in [6, 6.07) is 9.01. The highest BCUT2D eigenvalue weighted by Crippen LogP contribution is 2.39. The summed E-state index contributed by atoms with van der Waals surface area (Å²) < 4.78 is 21.3. The lowest BCUT2D eigenvalue weighted by Crippen LogP contribution is -2.70. The van der Waals surface area contributed by atoms with Crippen molar-refractivity contribution in [1.82, 2.24) is 0 Å². The van der Waals surface area contributed by atoms with Crippen LogP contribution in [0.2, 0.25) is 0 Å². The highest BCUT2D eigenvalue weighted by atomic mass is 16.8. The first kappa shape index (κ1) is 14.9. The summed E-state index contributed by atoms with van der Waals surface area (Å²) in [5.41, 5.74) is 0.694. The third-order valence-corrected chi connectivity index (χ3v) is 3.78. The van der Waals surface area contributed by atoms with E-state index in [0.717, 1.165) is 0 Å². The Morgan fingerprint density at radius 1 is 1.24 bits per heavy atom. The number of hydrogen-bond donors (Lipinski definition) is 3. The number of rotatable bonds is 2. The number of benzene rings is 1. The van der Waals surface area contributed by atoms with E-state index in [0.29, 0.717) is 5.56 Å². The average molecular weight is 298 g/mol. The molecule has 2 fully saturated rings. The maximum Gasteiger partial charge on any atom is 0.227 e. The van der Waals surface area contributed by atoms with Crippen LogP contribution in [0.15, 0.2) is 30.3 Å². The molecule has 0 amide bonds. The molecule has 6 atom stereocenters. The van der Waals surface area contributed by atoms with Crippen LogP contribution in [0, 0.1) is 0 Å². The second kappa shape index (κ2) is 5.62. The minimum Gasteiger partial charge on any atom is -0.385 e. The largest absolute Gasteiger partial charge is 0.385 e. The van der Waals surface area contributed by atoms with Crippen molar-refractivity contribution in [2.45, 2.75) is 36.7 Å². The smallest absolute Gasteiger partial charge is 0.227 e. The summed E-state index contributed by atoms with van der Waals surface area (Å²) >= 11 is 0. The monoisotopic (exact) mass is 298 g/mol. The molecule has 3 rings (SSSR count). The van der Waals surface area contributed by atoms with Crippen molar-refractivity contribution in [3.05, 3.63) is 35.9 Å². The van der Waals surface area contributed by atoms with Crippen LogP contribution in [-0.4, -0.2) is 59.4 Å². The quantitative estimate of drug-likeness (QED) is 0.678. The first-order valence-electron chi connectivity index (χ1n) is 6.67. The number of aliphatic hydroxyl groups excluding tert-OH is 2. The number of aliphatic hydroxyl groups is 3. The Morgan fingerprint density at radius 3 is 2.62 bits per heavy atom. The topological polar surface area (TPSA) is 97.6 Å². The maximum atomic E-state index is 10.6. The van der Waals surface area contributed by atoms with Crippen LogP contribution in [0.25, 0.3) is 0 Å². The Balaban J connectivity index is 1.83. The van der Waals surface area contributed by atoms with Gasteiger partial charge in [0.2, 0.25) is 5.79 Å². The fourth-order valence-corrected chi connectivity index (χ4v) is 2.58. The molecule has 2 aliphatic rings. The Hall–Kier alpha value is -1.06. The molecule has 0 saturated carbocycles. The third kappa shape index (κ3) is 2.47. The number of ether oxygens (including phenoxy) is 4. The number of hydrogen-bond acceptors (Lipinski definition) is 7. The second-order valence-corrected chi connectivity index (χ2v) is 5.11. The van der Waals surface area contributed by atoms with Gasteiger partial charge in [-0.05, 0) is 0 Å². The lowest BCUT2D eigenvalue weighted by molar-refractivity contribution is -0.452. The Kier molecular flexibility index (Phi) is 3.98. The summed E-state index contributed by atoms with van der Waals surface area (Å²) in [6.07, 6.45) is -5.86. The summed E-state index contributed by atoms with van der Waals surface area (Å²) in [7, 11) is 1.34. The molecule has 21 heavy (non-hydrogen) atoms. The highest BCUT2D eigenvalue weighted by molar-refractivity contribution is 5.17. The lowest BCUT2D eigenvalue weighted by atomic mass is 9.94. The molecule has 2 heterocycles. The van der Waals surface area contributed by atoms with Gasteiger partial charge in [-0.2, -0.15) is 0 Å². The van der Waals surface area contributed by atoms with E-state index in [-0.39, 0.29) is 6.61 Å². The van der Waals surface area contributed by atoms with Gasteiger partial charge in [-0.1, -0.05) is 30.3 Å². The minimum absolute atomic E-state index is 0.000297. The van der Waals surface area contributed by atoms with Crippen molar-refractivity contribution >= 4 is 0 Å². The van der Waals surface area contributed by atoms with Gasteiger partial charge in [0.05, 0.1) is 6.61 Å². The summed E-state index contributed by atoms with van der Waals surface area (Å²) in [5.74, 6) is -2.06. The van der Waals surface area contributed by atoms with E-state index in [1.54, 1.807) is 12.1 Å². The predicted molar refractivity (Wildman–Crippen MR) is 68.9 cm³/mol. The van der Waals surface area contributed by atoms with Crippen LogP contribution in [0.4, 0.5) is 0 Å². The van der Waals surface area contributed by atoms with Crippen molar-refractivity contribution in [3.63, 3.8) is 0 Å². The van der Waals surface area contributed by atoms with Crippen molar-refractivity contribution in [2.24, 2.45) is 0 Å². The lowest BCUT2D eigenvalue weighted by Gasteiger charge is -2.50. The van der Waals surface area contributed by atoms with Gasteiger partial charge in [0.15, 0.2) is 12.6 Å². The number of fused-ring (bicyclic) bond motifs is 1. The van der Waals surface area contributed by atoms with Gasteiger partial charge in [0, 0.05) is 12.7 Å². The Bertz CT molecular complexity index is 477.